The lowest BCUT2D eigenvalue weighted by Gasteiger charge is -2.27. The van der Waals surface area contributed by atoms with Crippen molar-refractivity contribution < 1.29 is 0 Å². The maximum Gasteiger partial charge on any atom is 0.0641 e. The lowest BCUT2D eigenvalue weighted by atomic mass is 9.91. The van der Waals surface area contributed by atoms with E-state index in [4.69, 9.17) is 0 Å². The Morgan fingerprint density at radius 3 is 1.40 bits per heavy atom. The highest BCUT2D eigenvalue weighted by molar-refractivity contribution is 6.25. The summed E-state index contributed by atoms with van der Waals surface area (Å²) in [6, 6.07) is 80.0. The van der Waals surface area contributed by atoms with E-state index in [0.29, 0.717) is 0 Å². The van der Waals surface area contributed by atoms with Gasteiger partial charge in [-0.05, 0) is 115 Å². The maximum absolute atomic E-state index is 2.47. The molecule has 270 valence electrons. The van der Waals surface area contributed by atoms with Gasteiger partial charge in [-0.15, -0.1) is 0 Å². The van der Waals surface area contributed by atoms with Crippen LogP contribution in [0.25, 0.3) is 93.5 Å². The predicted molar refractivity (Wildman–Crippen MR) is 246 cm³/mol. The topological polar surface area (TPSA) is 8.17 Å². The van der Waals surface area contributed by atoms with Crippen molar-refractivity contribution in [2.45, 2.75) is 0 Å². The zero-order valence-corrected chi connectivity index (χ0v) is 31.7. The molecule has 1 aliphatic rings. The second-order valence-corrected chi connectivity index (χ2v) is 15.3. The first-order chi connectivity index (χ1) is 28.8. The average molecular weight is 737 g/mol. The molecule has 1 aliphatic heterocycles. The van der Waals surface area contributed by atoms with Crippen LogP contribution in [0.2, 0.25) is 0 Å². The van der Waals surface area contributed by atoms with Crippen LogP contribution in [0.5, 0.6) is 0 Å². The Morgan fingerprint density at radius 2 is 0.741 bits per heavy atom. The van der Waals surface area contributed by atoms with Crippen LogP contribution in [0.15, 0.2) is 218 Å². The molecule has 0 atom stereocenters. The van der Waals surface area contributed by atoms with Gasteiger partial charge in [0.25, 0.3) is 0 Å². The molecular weight excluding hydrogens is 701 g/mol. The van der Waals surface area contributed by atoms with Gasteiger partial charge in [-0.2, -0.15) is 0 Å². The van der Waals surface area contributed by atoms with Crippen LogP contribution in [-0.2, 0) is 0 Å². The fourth-order valence-electron chi connectivity index (χ4n) is 9.54. The quantitative estimate of drug-likeness (QED) is 0.163. The number of aromatic nitrogens is 1. The van der Waals surface area contributed by atoms with E-state index < -0.39 is 0 Å². The van der Waals surface area contributed by atoms with E-state index >= 15 is 0 Å². The summed E-state index contributed by atoms with van der Waals surface area (Å²) in [7, 11) is 0. The number of nitrogens with zero attached hydrogens (tertiary/aromatic N) is 2. The smallest absolute Gasteiger partial charge is 0.0641 e. The van der Waals surface area contributed by atoms with Crippen LogP contribution in [0, 0.1) is 0 Å². The lowest BCUT2D eigenvalue weighted by Crippen LogP contribution is -2.11. The summed E-state index contributed by atoms with van der Waals surface area (Å²) in [6.07, 6.45) is 0. The number of rotatable bonds is 4. The number of benzene rings is 10. The van der Waals surface area contributed by atoms with Crippen molar-refractivity contribution in [3.8, 4) is 50.3 Å². The third-order valence-electron chi connectivity index (χ3n) is 12.1. The Hall–Kier alpha value is -7.68. The van der Waals surface area contributed by atoms with Gasteiger partial charge in [-0.1, -0.05) is 158 Å². The second kappa shape index (κ2) is 12.9. The summed E-state index contributed by atoms with van der Waals surface area (Å²) in [4.78, 5) is 2.43. The average Bonchev–Trinajstić information content (AvgIpc) is 3.58. The number of hydrogen-bond acceptors (Lipinski definition) is 1. The fourth-order valence-corrected chi connectivity index (χ4v) is 9.54. The summed E-state index contributed by atoms with van der Waals surface area (Å²) in [5, 5.41) is 8.97. The van der Waals surface area contributed by atoms with Gasteiger partial charge in [0.15, 0.2) is 0 Å². The Morgan fingerprint density at radius 1 is 0.276 bits per heavy atom. The van der Waals surface area contributed by atoms with Crippen molar-refractivity contribution in [1.82, 2.24) is 4.57 Å². The van der Waals surface area contributed by atoms with E-state index in [9.17, 15) is 0 Å². The van der Waals surface area contributed by atoms with Crippen molar-refractivity contribution >= 4 is 60.3 Å². The minimum absolute atomic E-state index is 1.13. The third-order valence-corrected chi connectivity index (χ3v) is 12.1. The minimum Gasteiger partial charge on any atom is -0.309 e. The number of hydrogen-bond donors (Lipinski definition) is 0. The Balaban J connectivity index is 1.08. The maximum atomic E-state index is 2.47. The molecule has 0 amide bonds. The van der Waals surface area contributed by atoms with E-state index in [1.165, 1.54) is 87.9 Å². The van der Waals surface area contributed by atoms with E-state index in [2.05, 4.69) is 228 Å². The molecule has 2 heterocycles. The molecule has 0 fully saturated rings. The van der Waals surface area contributed by atoms with Crippen molar-refractivity contribution in [3.05, 3.63) is 218 Å². The standard InChI is InChI=1S/C56H36N2/c1-3-18-41(19-4-1)57-52-28-13-11-26-48(52)55-51-36-40(31-33-54(51)58(42-20-5-2-6-21-42)56(55)49-27-12-14-29-53(49)57)38-17-15-16-37(34-38)39-30-32-47-45-24-8-7-22-43(45)44-23-9-10-25-46(44)50(47)35-39/h1-36H. The highest BCUT2D eigenvalue weighted by atomic mass is 15.2. The zero-order valence-electron chi connectivity index (χ0n) is 31.7. The SMILES string of the molecule is c1ccc(N2c3ccccc3-c3c(n(-c4ccccc4)c4ccc(-c5cccc(-c6ccc7c8ccccc8c8ccccc8c7c6)c5)cc34)-c3ccccc32)cc1. The monoisotopic (exact) mass is 736 g/mol. The van der Waals surface area contributed by atoms with Gasteiger partial charge >= 0.3 is 0 Å². The molecule has 0 saturated carbocycles. The van der Waals surface area contributed by atoms with Crippen molar-refractivity contribution in [3.63, 3.8) is 0 Å². The number of para-hydroxylation sites is 4. The molecule has 58 heavy (non-hydrogen) atoms. The van der Waals surface area contributed by atoms with Gasteiger partial charge in [0, 0.05) is 33.5 Å². The van der Waals surface area contributed by atoms with Crippen molar-refractivity contribution in [2.75, 3.05) is 4.90 Å². The van der Waals surface area contributed by atoms with E-state index in [0.717, 1.165) is 22.7 Å². The first kappa shape index (κ1) is 32.6. The highest BCUT2D eigenvalue weighted by Gasteiger charge is 2.31. The summed E-state index contributed by atoms with van der Waals surface area (Å²) in [6.45, 7) is 0. The molecule has 12 rings (SSSR count). The van der Waals surface area contributed by atoms with Gasteiger partial charge in [0.1, 0.15) is 0 Å². The van der Waals surface area contributed by atoms with Gasteiger partial charge < -0.3 is 9.47 Å². The predicted octanol–water partition coefficient (Wildman–Crippen LogP) is 15.5. The summed E-state index contributed by atoms with van der Waals surface area (Å²) in [5.41, 5.74) is 15.4. The summed E-state index contributed by atoms with van der Waals surface area (Å²) < 4.78 is 2.47. The molecule has 0 unspecified atom stereocenters. The first-order valence-electron chi connectivity index (χ1n) is 20.0. The van der Waals surface area contributed by atoms with Gasteiger partial charge in [0.05, 0.1) is 22.6 Å². The van der Waals surface area contributed by atoms with Gasteiger partial charge in [0.2, 0.25) is 0 Å². The molecule has 0 radical (unpaired) electrons. The molecule has 0 N–H and O–H groups in total. The van der Waals surface area contributed by atoms with E-state index in [-0.39, 0.29) is 0 Å². The molecule has 2 heteroatoms. The van der Waals surface area contributed by atoms with Gasteiger partial charge in [-0.25, -0.2) is 0 Å². The molecule has 2 nitrogen and oxygen atoms in total. The minimum atomic E-state index is 1.13. The first-order valence-corrected chi connectivity index (χ1v) is 20.0. The Kier molecular flexibility index (Phi) is 7.26. The van der Waals surface area contributed by atoms with Crippen LogP contribution in [0.3, 0.4) is 0 Å². The molecule has 0 spiro atoms. The van der Waals surface area contributed by atoms with Crippen LogP contribution in [0.4, 0.5) is 17.1 Å². The molecule has 10 aromatic carbocycles. The van der Waals surface area contributed by atoms with Crippen molar-refractivity contribution in [2.24, 2.45) is 0 Å². The van der Waals surface area contributed by atoms with Crippen LogP contribution >= 0.6 is 0 Å². The molecule has 11 aromatic rings. The molecule has 0 saturated heterocycles. The summed E-state index contributed by atoms with van der Waals surface area (Å²) >= 11 is 0. The largest absolute Gasteiger partial charge is 0.309 e. The highest BCUT2D eigenvalue weighted by Crippen LogP contribution is 2.54. The van der Waals surface area contributed by atoms with Crippen molar-refractivity contribution in [1.29, 1.82) is 0 Å². The third kappa shape index (κ3) is 4.92. The zero-order chi connectivity index (χ0) is 38.2. The van der Waals surface area contributed by atoms with Gasteiger partial charge in [-0.3, -0.25) is 0 Å². The second-order valence-electron chi connectivity index (χ2n) is 15.3. The number of anilines is 3. The fraction of sp³-hybridized carbons (Fsp3) is 0. The molecule has 0 bridgehead atoms. The van der Waals surface area contributed by atoms with Crippen LogP contribution in [-0.4, -0.2) is 4.57 Å². The Bertz CT molecular complexity index is 3360. The van der Waals surface area contributed by atoms with Crippen LogP contribution in [0.1, 0.15) is 0 Å². The van der Waals surface area contributed by atoms with E-state index in [1.54, 1.807) is 0 Å². The number of fused-ring (bicyclic) bond motifs is 13. The molecule has 0 aliphatic carbocycles. The normalized spacial score (nSPS) is 12.1. The Labute approximate surface area is 337 Å². The molecular formula is C56H36N2. The van der Waals surface area contributed by atoms with Crippen LogP contribution < -0.4 is 4.90 Å². The van der Waals surface area contributed by atoms with E-state index in [1.807, 2.05) is 0 Å². The molecule has 1 aromatic heterocycles. The summed E-state index contributed by atoms with van der Waals surface area (Å²) in [5.74, 6) is 0. The lowest BCUT2D eigenvalue weighted by molar-refractivity contribution is 1.13.